The second-order valence-corrected chi connectivity index (χ2v) is 8.28. The Kier molecular flexibility index (Phi) is 7.37. The normalized spacial score (nSPS) is 17.1. The van der Waals surface area contributed by atoms with Crippen LogP contribution in [0.3, 0.4) is 0 Å². The third-order valence-electron chi connectivity index (χ3n) is 4.68. The molecule has 1 aliphatic rings. The van der Waals surface area contributed by atoms with E-state index in [2.05, 4.69) is 10.6 Å². The van der Waals surface area contributed by atoms with Gasteiger partial charge in [-0.2, -0.15) is 0 Å². The van der Waals surface area contributed by atoms with E-state index < -0.39 is 17.4 Å². The average Bonchev–Trinajstić information content (AvgIpc) is 2.65. The second-order valence-electron chi connectivity index (χ2n) is 7.90. The number of hydrogen-bond acceptors (Lipinski definition) is 5. The van der Waals surface area contributed by atoms with Crippen molar-refractivity contribution in [1.82, 2.24) is 10.2 Å². The van der Waals surface area contributed by atoms with Gasteiger partial charge in [-0.15, -0.1) is 0 Å². The zero-order chi connectivity index (χ0) is 21.8. The van der Waals surface area contributed by atoms with E-state index in [4.69, 9.17) is 21.7 Å². The molecule has 1 aromatic rings. The molecule has 0 saturated heterocycles. The standard InChI is InChI=1S/C21H29N3O4S/c1-13-16(18(25)28-12-11-27-6)17(23-20(29)24(13)5)14-7-9-15(10-8-14)22-19(26)21(2,3)4/h7-10,17H,11-12H2,1-6H3,(H,22,26)(H,23,29). The Balaban J connectivity index is 2.28. The van der Waals surface area contributed by atoms with Gasteiger partial charge in [0.1, 0.15) is 6.61 Å². The van der Waals surface area contributed by atoms with Crippen LogP contribution in [0.2, 0.25) is 0 Å². The number of methoxy groups -OCH3 is 1. The van der Waals surface area contributed by atoms with Crippen molar-refractivity contribution in [3.05, 3.63) is 41.1 Å². The van der Waals surface area contributed by atoms with E-state index in [1.807, 2.05) is 52.0 Å². The molecule has 7 nitrogen and oxygen atoms in total. The zero-order valence-electron chi connectivity index (χ0n) is 17.8. The van der Waals surface area contributed by atoms with Gasteiger partial charge in [0.2, 0.25) is 5.91 Å². The molecule has 1 aliphatic heterocycles. The number of carbonyl (C=O) groups excluding carboxylic acids is 2. The minimum Gasteiger partial charge on any atom is -0.460 e. The topological polar surface area (TPSA) is 79.9 Å². The number of ether oxygens (including phenoxy) is 2. The lowest BCUT2D eigenvalue weighted by Crippen LogP contribution is -2.46. The van der Waals surface area contributed by atoms with Crippen LogP contribution in [-0.4, -0.2) is 49.3 Å². The number of amides is 1. The van der Waals surface area contributed by atoms with Gasteiger partial charge >= 0.3 is 5.97 Å². The maximum Gasteiger partial charge on any atom is 0.338 e. The number of hydrogen-bond donors (Lipinski definition) is 2. The number of benzene rings is 1. The third kappa shape index (κ3) is 5.55. The fraction of sp³-hybridized carbons (Fsp3) is 0.476. The Labute approximate surface area is 177 Å². The zero-order valence-corrected chi connectivity index (χ0v) is 18.6. The molecule has 158 valence electrons. The first-order chi connectivity index (χ1) is 13.6. The Hall–Kier alpha value is -2.45. The van der Waals surface area contributed by atoms with Gasteiger partial charge in [-0.05, 0) is 36.8 Å². The molecule has 1 aromatic carbocycles. The van der Waals surface area contributed by atoms with E-state index in [0.717, 1.165) is 11.3 Å². The first-order valence-electron chi connectivity index (χ1n) is 9.38. The Morgan fingerprint density at radius 1 is 1.21 bits per heavy atom. The molecule has 0 saturated carbocycles. The fourth-order valence-corrected chi connectivity index (χ4v) is 2.98. The summed E-state index contributed by atoms with van der Waals surface area (Å²) in [5.41, 5.74) is 2.26. The number of esters is 1. The quantitative estimate of drug-likeness (QED) is 0.417. The number of nitrogens with one attached hydrogen (secondary N) is 2. The van der Waals surface area contributed by atoms with Crippen LogP contribution in [0, 0.1) is 5.41 Å². The van der Waals surface area contributed by atoms with Crippen molar-refractivity contribution in [2.45, 2.75) is 33.7 Å². The summed E-state index contributed by atoms with van der Waals surface area (Å²) >= 11 is 5.40. The van der Waals surface area contributed by atoms with Crippen LogP contribution in [0.25, 0.3) is 0 Å². The lowest BCUT2D eigenvalue weighted by Gasteiger charge is -2.35. The summed E-state index contributed by atoms with van der Waals surface area (Å²) in [6.45, 7) is 7.90. The van der Waals surface area contributed by atoms with E-state index >= 15 is 0 Å². The van der Waals surface area contributed by atoms with Gasteiger partial charge in [-0.3, -0.25) is 4.79 Å². The summed E-state index contributed by atoms with van der Waals surface area (Å²) in [6, 6.07) is 6.90. The minimum absolute atomic E-state index is 0.0676. The van der Waals surface area contributed by atoms with E-state index in [-0.39, 0.29) is 12.5 Å². The summed E-state index contributed by atoms with van der Waals surface area (Å²) in [6.07, 6.45) is 0. The van der Waals surface area contributed by atoms with Crippen LogP contribution >= 0.6 is 12.2 Å². The molecule has 1 unspecified atom stereocenters. The highest BCUT2D eigenvalue weighted by molar-refractivity contribution is 7.80. The SMILES string of the molecule is COCCOC(=O)C1=C(C)N(C)C(=S)NC1c1ccc(NC(=O)C(C)(C)C)cc1. The maximum atomic E-state index is 12.7. The summed E-state index contributed by atoms with van der Waals surface area (Å²) in [7, 11) is 3.35. The van der Waals surface area contributed by atoms with Crippen molar-refractivity contribution in [3.63, 3.8) is 0 Å². The molecule has 0 fully saturated rings. The van der Waals surface area contributed by atoms with Crippen LogP contribution in [0.4, 0.5) is 5.69 Å². The summed E-state index contributed by atoms with van der Waals surface area (Å²) < 4.78 is 10.3. The van der Waals surface area contributed by atoms with Crippen molar-refractivity contribution >= 4 is 34.9 Å². The van der Waals surface area contributed by atoms with Crippen molar-refractivity contribution in [1.29, 1.82) is 0 Å². The van der Waals surface area contributed by atoms with Gasteiger partial charge in [0.15, 0.2) is 5.11 Å². The van der Waals surface area contributed by atoms with Gasteiger partial charge in [0, 0.05) is 31.0 Å². The molecule has 0 aliphatic carbocycles. The van der Waals surface area contributed by atoms with E-state index in [0.29, 0.717) is 23.0 Å². The van der Waals surface area contributed by atoms with Crippen LogP contribution in [0.15, 0.2) is 35.5 Å². The average molecular weight is 420 g/mol. The van der Waals surface area contributed by atoms with Crippen LogP contribution in [-0.2, 0) is 19.1 Å². The number of rotatable bonds is 6. The van der Waals surface area contributed by atoms with Gasteiger partial charge < -0.3 is 25.0 Å². The van der Waals surface area contributed by atoms with Crippen molar-refractivity contribution in [3.8, 4) is 0 Å². The minimum atomic E-state index is -0.487. The largest absolute Gasteiger partial charge is 0.460 e. The van der Waals surface area contributed by atoms with Crippen LogP contribution < -0.4 is 10.6 Å². The first-order valence-corrected chi connectivity index (χ1v) is 9.79. The Morgan fingerprint density at radius 2 is 1.83 bits per heavy atom. The highest BCUT2D eigenvalue weighted by Crippen LogP contribution is 2.31. The summed E-state index contributed by atoms with van der Waals surface area (Å²) in [5, 5.41) is 6.61. The highest BCUT2D eigenvalue weighted by Gasteiger charge is 2.33. The number of thiocarbonyl (C=S) groups is 1. The second kappa shape index (κ2) is 9.37. The van der Waals surface area contributed by atoms with Gasteiger partial charge in [-0.1, -0.05) is 32.9 Å². The predicted octanol–water partition coefficient (Wildman–Crippen LogP) is 3.00. The smallest absolute Gasteiger partial charge is 0.338 e. The van der Waals surface area contributed by atoms with Crippen molar-refractivity contribution in [2.24, 2.45) is 5.41 Å². The lowest BCUT2D eigenvalue weighted by molar-refractivity contribution is -0.140. The molecule has 1 heterocycles. The fourth-order valence-electron chi connectivity index (χ4n) is 2.72. The Bertz CT molecular complexity index is 812. The number of allylic oxidation sites excluding steroid dienone is 1. The first kappa shape index (κ1) is 22.8. The molecular formula is C21H29N3O4S. The van der Waals surface area contributed by atoms with Crippen molar-refractivity contribution in [2.75, 3.05) is 32.7 Å². The molecule has 0 spiro atoms. The van der Waals surface area contributed by atoms with Crippen LogP contribution in [0.1, 0.15) is 39.3 Å². The Morgan fingerprint density at radius 3 is 2.38 bits per heavy atom. The van der Waals surface area contributed by atoms with E-state index in [1.165, 1.54) is 0 Å². The molecule has 1 atom stereocenters. The lowest BCUT2D eigenvalue weighted by atomic mass is 9.94. The van der Waals surface area contributed by atoms with Gasteiger partial charge in [-0.25, -0.2) is 4.79 Å². The van der Waals surface area contributed by atoms with E-state index in [9.17, 15) is 9.59 Å². The maximum absolute atomic E-state index is 12.7. The molecular weight excluding hydrogens is 390 g/mol. The van der Waals surface area contributed by atoms with E-state index in [1.54, 1.807) is 19.1 Å². The van der Waals surface area contributed by atoms with Crippen molar-refractivity contribution < 1.29 is 19.1 Å². The molecule has 0 radical (unpaired) electrons. The summed E-state index contributed by atoms with van der Waals surface area (Å²) in [4.78, 5) is 26.7. The monoisotopic (exact) mass is 419 g/mol. The molecule has 2 N–H and O–H groups in total. The molecule has 1 amide bonds. The highest BCUT2D eigenvalue weighted by atomic mass is 32.1. The van der Waals surface area contributed by atoms with Gasteiger partial charge in [0.25, 0.3) is 0 Å². The predicted molar refractivity (Wildman–Crippen MR) is 116 cm³/mol. The molecule has 2 rings (SSSR count). The molecule has 0 aromatic heterocycles. The number of carbonyl (C=O) groups is 2. The number of anilines is 1. The van der Waals surface area contributed by atoms with Gasteiger partial charge in [0.05, 0.1) is 18.2 Å². The summed E-state index contributed by atoms with van der Waals surface area (Å²) in [5.74, 6) is -0.487. The molecule has 0 bridgehead atoms. The molecule has 29 heavy (non-hydrogen) atoms. The van der Waals surface area contributed by atoms with Crippen LogP contribution in [0.5, 0.6) is 0 Å². The molecule has 8 heteroatoms. The third-order valence-corrected chi connectivity index (χ3v) is 5.07. The number of nitrogens with zero attached hydrogens (tertiary/aromatic N) is 1.